The van der Waals surface area contributed by atoms with Crippen LogP contribution in [0.4, 0.5) is 0 Å². The van der Waals surface area contributed by atoms with Crippen LogP contribution >= 0.6 is 11.8 Å². The van der Waals surface area contributed by atoms with E-state index in [0.717, 1.165) is 37.7 Å². The Hall–Kier alpha value is -2.40. The van der Waals surface area contributed by atoms with Crippen molar-refractivity contribution in [3.63, 3.8) is 0 Å². The third kappa shape index (κ3) is 4.30. The first kappa shape index (κ1) is 19.4. The Balaban J connectivity index is 1.68. The van der Waals surface area contributed by atoms with Crippen LogP contribution < -0.4 is 0 Å². The summed E-state index contributed by atoms with van der Waals surface area (Å²) in [4.78, 5) is 14.6. The molecule has 1 atom stereocenters. The van der Waals surface area contributed by atoms with Gasteiger partial charge in [0.05, 0.1) is 17.9 Å². The second kappa shape index (κ2) is 8.53. The maximum Gasteiger partial charge on any atom is 0.236 e. The van der Waals surface area contributed by atoms with Crippen molar-refractivity contribution in [2.24, 2.45) is 0 Å². The van der Waals surface area contributed by atoms with Crippen LogP contribution in [0.25, 0.3) is 0 Å². The van der Waals surface area contributed by atoms with Gasteiger partial charge in [0.2, 0.25) is 11.1 Å². The highest BCUT2D eigenvalue weighted by Gasteiger charge is 2.40. The molecule has 1 aromatic heterocycles. The molecule has 0 radical (unpaired) electrons. The van der Waals surface area contributed by atoms with Gasteiger partial charge in [0.25, 0.3) is 0 Å². The number of thioether (sulfide) groups is 1. The van der Waals surface area contributed by atoms with Gasteiger partial charge in [0, 0.05) is 7.05 Å². The summed E-state index contributed by atoms with van der Waals surface area (Å²) in [6.07, 6.45) is 4.60. The zero-order valence-corrected chi connectivity index (χ0v) is 16.5. The minimum absolute atomic E-state index is 0.0577. The lowest BCUT2D eigenvalue weighted by Crippen LogP contribution is -2.52. The van der Waals surface area contributed by atoms with Gasteiger partial charge in [-0.05, 0) is 35.8 Å². The molecule has 1 saturated carbocycles. The maximum absolute atomic E-state index is 13.0. The summed E-state index contributed by atoms with van der Waals surface area (Å²) in [5, 5.41) is 21.8. The summed E-state index contributed by atoms with van der Waals surface area (Å²) in [5.74, 6) is -0.0577. The molecule has 0 aliphatic heterocycles. The molecule has 1 heterocycles. The zero-order chi connectivity index (χ0) is 19.3. The molecular formula is C19H24N6OS. The first-order valence-electron chi connectivity index (χ1n) is 9.21. The Labute approximate surface area is 163 Å². The highest BCUT2D eigenvalue weighted by Crippen LogP contribution is 2.34. The Morgan fingerprint density at radius 3 is 2.70 bits per heavy atom. The van der Waals surface area contributed by atoms with Crippen molar-refractivity contribution in [2.45, 2.75) is 61.5 Å². The second-order valence-corrected chi connectivity index (χ2v) is 8.27. The Morgan fingerprint density at radius 2 is 2.04 bits per heavy atom. The minimum atomic E-state index is -0.680. The highest BCUT2D eigenvalue weighted by atomic mass is 32.2. The smallest absolute Gasteiger partial charge is 0.236 e. The van der Waals surface area contributed by atoms with Gasteiger partial charge in [-0.15, -0.1) is 5.10 Å². The fourth-order valence-corrected chi connectivity index (χ4v) is 4.37. The second-order valence-electron chi connectivity index (χ2n) is 6.97. The third-order valence-corrected chi connectivity index (χ3v) is 6.22. The van der Waals surface area contributed by atoms with E-state index in [2.05, 4.69) is 21.6 Å². The van der Waals surface area contributed by atoms with Gasteiger partial charge < -0.3 is 4.90 Å². The van der Waals surface area contributed by atoms with Crippen LogP contribution in [0.2, 0.25) is 0 Å². The van der Waals surface area contributed by atoms with Gasteiger partial charge in [-0.2, -0.15) is 5.26 Å². The Morgan fingerprint density at radius 1 is 1.33 bits per heavy atom. The van der Waals surface area contributed by atoms with Crippen molar-refractivity contribution in [2.75, 3.05) is 7.05 Å². The number of benzene rings is 1. The van der Waals surface area contributed by atoms with Crippen molar-refractivity contribution in [3.8, 4) is 6.07 Å². The first-order chi connectivity index (χ1) is 13.1. The molecule has 1 fully saturated rings. The molecule has 1 amide bonds. The SMILES string of the molecule is CC(Sc1nnnn1Cc1ccccc1)C(=O)N(C)C1(C#N)CCCCC1. The summed E-state index contributed by atoms with van der Waals surface area (Å²) in [7, 11) is 1.75. The molecule has 0 bridgehead atoms. The van der Waals surface area contributed by atoms with Gasteiger partial charge in [-0.1, -0.05) is 61.4 Å². The van der Waals surface area contributed by atoms with E-state index in [1.54, 1.807) is 16.6 Å². The first-order valence-corrected chi connectivity index (χ1v) is 10.1. The average molecular weight is 385 g/mol. The van der Waals surface area contributed by atoms with Gasteiger partial charge in [0.15, 0.2) is 0 Å². The molecular weight excluding hydrogens is 360 g/mol. The van der Waals surface area contributed by atoms with E-state index in [4.69, 9.17) is 0 Å². The number of rotatable bonds is 6. The van der Waals surface area contributed by atoms with E-state index >= 15 is 0 Å². The maximum atomic E-state index is 13.0. The summed E-state index contributed by atoms with van der Waals surface area (Å²) in [5.41, 5.74) is 0.411. The van der Waals surface area contributed by atoms with Crippen LogP contribution in [-0.4, -0.2) is 48.9 Å². The van der Waals surface area contributed by atoms with Crippen LogP contribution in [0.5, 0.6) is 0 Å². The molecule has 1 unspecified atom stereocenters. The molecule has 3 rings (SSSR count). The van der Waals surface area contributed by atoms with E-state index in [9.17, 15) is 10.1 Å². The Kier molecular flexibility index (Phi) is 6.11. The van der Waals surface area contributed by atoms with Gasteiger partial charge >= 0.3 is 0 Å². The average Bonchev–Trinajstić information content (AvgIpc) is 3.14. The molecule has 2 aromatic rings. The van der Waals surface area contributed by atoms with Crippen molar-refractivity contribution >= 4 is 17.7 Å². The lowest BCUT2D eigenvalue weighted by Gasteiger charge is -2.40. The molecule has 142 valence electrons. The fraction of sp³-hybridized carbons (Fsp3) is 0.526. The summed E-state index contributed by atoms with van der Waals surface area (Å²) < 4.78 is 1.70. The van der Waals surface area contributed by atoms with E-state index in [1.165, 1.54) is 11.8 Å². The molecule has 1 aliphatic rings. The van der Waals surface area contributed by atoms with E-state index in [0.29, 0.717) is 11.7 Å². The standard InChI is InChI=1S/C19H24N6OS/c1-15(17(26)24(2)19(14-20)11-7-4-8-12-19)27-18-21-22-23-25(18)13-16-9-5-3-6-10-16/h3,5-6,9-10,15H,4,7-8,11-13H2,1-2H3. The molecule has 1 aromatic carbocycles. The number of aromatic nitrogens is 4. The normalized spacial score (nSPS) is 17.1. The van der Waals surface area contributed by atoms with Gasteiger partial charge in [-0.3, -0.25) is 4.79 Å². The number of amides is 1. The lowest BCUT2D eigenvalue weighted by molar-refractivity contribution is -0.133. The van der Waals surface area contributed by atoms with Crippen LogP contribution in [0, 0.1) is 11.3 Å². The molecule has 1 aliphatic carbocycles. The predicted octanol–water partition coefficient (Wildman–Crippen LogP) is 2.89. The predicted molar refractivity (Wildman–Crippen MR) is 103 cm³/mol. The molecule has 7 nitrogen and oxygen atoms in total. The molecule has 0 N–H and O–H groups in total. The van der Waals surface area contributed by atoms with E-state index < -0.39 is 5.54 Å². The summed E-state index contributed by atoms with van der Waals surface area (Å²) >= 11 is 1.33. The fourth-order valence-electron chi connectivity index (χ4n) is 3.49. The van der Waals surface area contributed by atoms with Crippen molar-refractivity contribution in [3.05, 3.63) is 35.9 Å². The number of tetrazole rings is 1. The van der Waals surface area contributed by atoms with Crippen LogP contribution in [0.1, 0.15) is 44.6 Å². The minimum Gasteiger partial charge on any atom is -0.326 e. The molecule has 8 heteroatoms. The summed E-state index contributed by atoms with van der Waals surface area (Å²) in [6.45, 7) is 2.40. The molecule has 0 spiro atoms. The van der Waals surface area contributed by atoms with Crippen LogP contribution in [0.15, 0.2) is 35.5 Å². The topological polar surface area (TPSA) is 87.7 Å². The number of carbonyl (C=O) groups excluding carboxylic acids is 1. The highest BCUT2D eigenvalue weighted by molar-refractivity contribution is 8.00. The van der Waals surface area contributed by atoms with E-state index in [-0.39, 0.29) is 11.2 Å². The quantitative estimate of drug-likeness (QED) is 0.712. The van der Waals surface area contributed by atoms with E-state index in [1.807, 2.05) is 37.3 Å². The van der Waals surface area contributed by atoms with Crippen molar-refractivity contribution < 1.29 is 4.79 Å². The third-order valence-electron chi connectivity index (χ3n) is 5.17. The largest absolute Gasteiger partial charge is 0.326 e. The van der Waals surface area contributed by atoms with Crippen molar-refractivity contribution in [1.29, 1.82) is 5.26 Å². The monoisotopic (exact) mass is 384 g/mol. The zero-order valence-electron chi connectivity index (χ0n) is 15.7. The number of carbonyl (C=O) groups is 1. The Bertz CT molecular complexity index is 809. The number of nitrogens with zero attached hydrogens (tertiary/aromatic N) is 6. The number of hydrogen-bond acceptors (Lipinski definition) is 6. The lowest BCUT2D eigenvalue weighted by atomic mass is 9.81. The number of nitriles is 1. The van der Waals surface area contributed by atoms with Crippen LogP contribution in [-0.2, 0) is 11.3 Å². The van der Waals surface area contributed by atoms with Crippen LogP contribution in [0.3, 0.4) is 0 Å². The van der Waals surface area contributed by atoms with Gasteiger partial charge in [0.1, 0.15) is 5.54 Å². The number of hydrogen-bond donors (Lipinski definition) is 0. The molecule has 0 saturated heterocycles. The molecule has 27 heavy (non-hydrogen) atoms. The van der Waals surface area contributed by atoms with Crippen molar-refractivity contribution in [1.82, 2.24) is 25.1 Å². The summed E-state index contributed by atoms with van der Waals surface area (Å²) in [6, 6.07) is 12.3. The van der Waals surface area contributed by atoms with Gasteiger partial charge in [-0.25, -0.2) is 4.68 Å².